The standard InChI is InChI=1S/C28H20F6O.C16H10N2O4.C2H6/c29-27(30,31)26(28(32,33)34,22-13-11-21(12-14-22)19-20-7-3-1-4-8-20)23-15-17-25(18-16-23)35-24-9-5-2-6-10-24;1-17-13(19)7-3-5-9-12-10(16(22)18(2)15(9)21)6-4-8(11(7)12)14(17)20;1-2/h1-18H,19H2;3-6H,1-2H3;1-2H3. The van der Waals surface area contributed by atoms with Crippen molar-refractivity contribution in [1.29, 1.82) is 0 Å². The number of alkyl halides is 6. The van der Waals surface area contributed by atoms with Gasteiger partial charge in [0.25, 0.3) is 23.6 Å². The van der Waals surface area contributed by atoms with Crippen molar-refractivity contribution in [3.8, 4) is 11.5 Å². The molecular formula is C46H36F6N2O5. The second-order valence-corrected chi connectivity index (χ2v) is 13.5. The van der Waals surface area contributed by atoms with E-state index in [1.54, 1.807) is 30.3 Å². The first kappa shape index (κ1) is 41.9. The molecule has 59 heavy (non-hydrogen) atoms. The molecule has 6 aromatic carbocycles. The highest BCUT2D eigenvalue weighted by atomic mass is 19.4. The van der Waals surface area contributed by atoms with Crippen LogP contribution in [-0.2, 0) is 11.8 Å². The number of benzene rings is 6. The molecule has 6 aromatic rings. The minimum atomic E-state index is -5.64. The van der Waals surface area contributed by atoms with E-state index >= 15 is 0 Å². The van der Waals surface area contributed by atoms with Crippen LogP contribution in [0.3, 0.4) is 0 Å². The fourth-order valence-electron chi connectivity index (χ4n) is 7.20. The molecule has 8 rings (SSSR count). The maximum Gasteiger partial charge on any atom is 0.411 e. The normalized spacial score (nSPS) is 13.7. The van der Waals surface area contributed by atoms with Crippen LogP contribution in [0.1, 0.15) is 77.5 Å². The summed E-state index contributed by atoms with van der Waals surface area (Å²) in [4.78, 5) is 51.3. The number of ether oxygens (including phenoxy) is 1. The van der Waals surface area contributed by atoms with Gasteiger partial charge in [0.15, 0.2) is 0 Å². The average Bonchev–Trinajstić information content (AvgIpc) is 3.22. The number of halogens is 6. The lowest BCUT2D eigenvalue weighted by atomic mass is 9.72. The Hall–Kier alpha value is -6.76. The summed E-state index contributed by atoms with van der Waals surface area (Å²) in [5.41, 5.74) is -3.19. The van der Waals surface area contributed by atoms with E-state index in [2.05, 4.69) is 0 Å². The van der Waals surface area contributed by atoms with Gasteiger partial charge in [-0.05, 0) is 77.2 Å². The van der Waals surface area contributed by atoms with E-state index in [0.29, 0.717) is 50.8 Å². The molecule has 0 aliphatic carbocycles. The molecule has 0 atom stereocenters. The van der Waals surface area contributed by atoms with E-state index in [1.807, 2.05) is 44.2 Å². The molecule has 2 aliphatic heterocycles. The van der Waals surface area contributed by atoms with Crippen molar-refractivity contribution >= 4 is 34.4 Å². The van der Waals surface area contributed by atoms with Crippen molar-refractivity contribution in [1.82, 2.24) is 9.80 Å². The zero-order valence-electron chi connectivity index (χ0n) is 32.1. The maximum absolute atomic E-state index is 14.4. The lowest BCUT2D eigenvalue weighted by Crippen LogP contribution is -2.54. The Morgan fingerprint density at radius 3 is 1.14 bits per heavy atom. The molecule has 13 heteroatoms. The van der Waals surface area contributed by atoms with Gasteiger partial charge in [0.05, 0.1) is 0 Å². The fraction of sp³-hybridized carbons (Fsp3) is 0.174. The van der Waals surface area contributed by atoms with Gasteiger partial charge in [-0.3, -0.25) is 29.0 Å². The highest BCUT2D eigenvalue weighted by Gasteiger charge is 2.72. The van der Waals surface area contributed by atoms with Gasteiger partial charge in [-0.15, -0.1) is 0 Å². The first-order valence-electron chi connectivity index (χ1n) is 18.4. The third-order valence-corrected chi connectivity index (χ3v) is 10.1. The Balaban J connectivity index is 0.000000208. The van der Waals surface area contributed by atoms with Crippen LogP contribution in [0.5, 0.6) is 11.5 Å². The predicted molar refractivity (Wildman–Crippen MR) is 210 cm³/mol. The molecule has 4 amide bonds. The molecule has 0 saturated heterocycles. The van der Waals surface area contributed by atoms with Crippen LogP contribution in [-0.4, -0.2) is 59.9 Å². The predicted octanol–water partition coefficient (Wildman–Crippen LogP) is 10.8. The van der Waals surface area contributed by atoms with Gasteiger partial charge in [0.1, 0.15) is 11.5 Å². The molecule has 2 heterocycles. The maximum atomic E-state index is 14.4. The second kappa shape index (κ2) is 16.2. The quantitative estimate of drug-likeness (QED) is 0.124. The van der Waals surface area contributed by atoms with Crippen LogP contribution in [0.4, 0.5) is 26.3 Å². The van der Waals surface area contributed by atoms with Gasteiger partial charge >= 0.3 is 12.4 Å². The Labute approximate surface area is 335 Å². The molecule has 0 aromatic heterocycles. The summed E-state index contributed by atoms with van der Waals surface area (Å²) in [6, 6.07) is 32.0. The molecular weight excluding hydrogens is 775 g/mol. The summed E-state index contributed by atoms with van der Waals surface area (Å²) >= 11 is 0. The Morgan fingerprint density at radius 2 is 0.763 bits per heavy atom. The van der Waals surface area contributed by atoms with Crippen LogP contribution < -0.4 is 4.74 Å². The highest BCUT2D eigenvalue weighted by Crippen LogP contribution is 2.56. The number of imide groups is 2. The number of carbonyl (C=O) groups excluding carboxylic acids is 4. The van der Waals surface area contributed by atoms with Crippen LogP contribution >= 0.6 is 0 Å². The molecule has 7 nitrogen and oxygen atoms in total. The molecule has 0 unspecified atom stereocenters. The highest BCUT2D eigenvalue weighted by molar-refractivity contribution is 6.33. The largest absolute Gasteiger partial charge is 0.457 e. The van der Waals surface area contributed by atoms with Gasteiger partial charge in [-0.25, -0.2) is 0 Å². The third-order valence-electron chi connectivity index (χ3n) is 10.1. The summed E-state index contributed by atoms with van der Waals surface area (Å²) in [6.07, 6.45) is -10.9. The molecule has 0 radical (unpaired) electrons. The average molecular weight is 811 g/mol. The first-order valence-corrected chi connectivity index (χ1v) is 18.4. The third kappa shape index (κ3) is 7.44. The molecule has 2 aliphatic rings. The molecule has 0 N–H and O–H groups in total. The monoisotopic (exact) mass is 810 g/mol. The van der Waals surface area contributed by atoms with Crippen LogP contribution in [0, 0.1) is 0 Å². The van der Waals surface area contributed by atoms with Gasteiger partial charge in [0.2, 0.25) is 5.41 Å². The fourth-order valence-corrected chi connectivity index (χ4v) is 7.20. The lowest BCUT2D eigenvalue weighted by Gasteiger charge is -2.38. The van der Waals surface area contributed by atoms with Gasteiger partial charge in [-0.2, -0.15) is 26.3 Å². The van der Waals surface area contributed by atoms with Crippen molar-refractivity contribution in [2.75, 3.05) is 14.1 Å². The topological polar surface area (TPSA) is 84.0 Å². The van der Waals surface area contributed by atoms with Crippen molar-refractivity contribution in [3.05, 3.63) is 178 Å². The summed E-state index contributed by atoms with van der Waals surface area (Å²) in [5, 5.41) is 0.802. The van der Waals surface area contributed by atoms with Crippen molar-refractivity contribution in [3.63, 3.8) is 0 Å². The summed E-state index contributed by atoms with van der Waals surface area (Å²) in [6.45, 7) is 4.00. The van der Waals surface area contributed by atoms with Crippen LogP contribution in [0.25, 0.3) is 10.8 Å². The first-order chi connectivity index (χ1) is 28.0. The SMILES string of the molecule is CC.CN1C(=O)c2ccc3c4c(ccc(c24)C1=O)C(=O)N(C)C3=O.FC(F)(F)C(c1ccc(Cc2ccccc2)cc1)(c1ccc(Oc2ccccc2)cc1)C(F)(F)F. The molecule has 0 bridgehead atoms. The second-order valence-electron chi connectivity index (χ2n) is 13.5. The van der Waals surface area contributed by atoms with Crippen LogP contribution in [0.15, 0.2) is 133 Å². The molecule has 0 saturated carbocycles. The van der Waals surface area contributed by atoms with E-state index < -0.39 is 52.5 Å². The Kier molecular flexibility index (Phi) is 11.5. The molecule has 302 valence electrons. The lowest BCUT2D eigenvalue weighted by molar-refractivity contribution is -0.288. The van der Waals surface area contributed by atoms with Crippen molar-refractivity contribution in [2.24, 2.45) is 0 Å². The molecule has 0 fully saturated rings. The number of carbonyl (C=O) groups is 4. The number of amides is 4. The smallest absolute Gasteiger partial charge is 0.411 e. The minimum Gasteiger partial charge on any atom is -0.457 e. The molecule has 0 spiro atoms. The van der Waals surface area contributed by atoms with E-state index in [9.17, 15) is 45.5 Å². The number of rotatable bonds is 6. The number of nitrogens with zero attached hydrogens (tertiary/aromatic N) is 2. The number of hydrogen-bond acceptors (Lipinski definition) is 5. The Bertz CT molecular complexity index is 2290. The van der Waals surface area contributed by atoms with E-state index in [-0.39, 0.29) is 5.75 Å². The summed E-state index contributed by atoms with van der Waals surface area (Å²) < 4.78 is 91.8. The van der Waals surface area contributed by atoms with Gasteiger partial charge in [0, 0.05) is 47.1 Å². The van der Waals surface area contributed by atoms with Gasteiger partial charge < -0.3 is 4.74 Å². The zero-order valence-corrected chi connectivity index (χ0v) is 32.1. The van der Waals surface area contributed by atoms with Crippen molar-refractivity contribution < 1.29 is 50.3 Å². The van der Waals surface area contributed by atoms with E-state index in [4.69, 9.17) is 4.74 Å². The van der Waals surface area contributed by atoms with E-state index in [1.165, 1.54) is 50.5 Å². The minimum absolute atomic E-state index is 0.122. The summed E-state index contributed by atoms with van der Waals surface area (Å²) in [7, 11) is 2.83. The Morgan fingerprint density at radius 1 is 0.441 bits per heavy atom. The van der Waals surface area contributed by atoms with Crippen LogP contribution in [0.2, 0.25) is 0 Å². The summed E-state index contributed by atoms with van der Waals surface area (Å²) in [5.74, 6) is -1.19. The zero-order chi connectivity index (χ0) is 42.9. The van der Waals surface area contributed by atoms with Gasteiger partial charge in [-0.1, -0.05) is 98.8 Å². The number of para-hydroxylation sites is 1. The van der Waals surface area contributed by atoms with Crippen molar-refractivity contribution in [2.45, 2.75) is 38.0 Å². The van der Waals surface area contributed by atoms with E-state index in [0.717, 1.165) is 51.8 Å². The number of hydrogen-bond donors (Lipinski definition) is 0.